The SMILES string of the molecule is CCc1nn(C)c(NC)c1N. The highest BCUT2D eigenvalue weighted by Crippen LogP contribution is 2.20. The zero-order valence-corrected chi connectivity index (χ0v) is 7.18. The van der Waals surface area contributed by atoms with Crippen molar-refractivity contribution in [1.82, 2.24) is 9.78 Å². The van der Waals surface area contributed by atoms with Crippen LogP contribution in [0.4, 0.5) is 11.5 Å². The Morgan fingerprint density at radius 2 is 2.27 bits per heavy atom. The molecule has 0 spiro atoms. The van der Waals surface area contributed by atoms with Crippen LogP contribution in [0.1, 0.15) is 12.6 Å². The molecule has 0 saturated heterocycles. The van der Waals surface area contributed by atoms with Gasteiger partial charge in [0.2, 0.25) is 0 Å². The van der Waals surface area contributed by atoms with Gasteiger partial charge in [0.1, 0.15) is 5.82 Å². The molecule has 11 heavy (non-hydrogen) atoms. The molecule has 0 saturated carbocycles. The highest BCUT2D eigenvalue weighted by Gasteiger charge is 2.08. The average Bonchev–Trinajstić information content (AvgIpc) is 2.26. The van der Waals surface area contributed by atoms with Crippen molar-refractivity contribution in [2.75, 3.05) is 18.1 Å². The van der Waals surface area contributed by atoms with Crippen molar-refractivity contribution < 1.29 is 0 Å². The van der Waals surface area contributed by atoms with E-state index in [0.717, 1.165) is 23.6 Å². The number of nitrogens with two attached hydrogens (primary N) is 1. The van der Waals surface area contributed by atoms with Gasteiger partial charge >= 0.3 is 0 Å². The van der Waals surface area contributed by atoms with E-state index in [1.807, 2.05) is 21.0 Å². The molecule has 4 heteroatoms. The molecule has 0 aliphatic rings. The first kappa shape index (κ1) is 7.91. The molecule has 1 rings (SSSR count). The molecule has 0 unspecified atom stereocenters. The van der Waals surface area contributed by atoms with Crippen LogP contribution < -0.4 is 11.1 Å². The highest BCUT2D eigenvalue weighted by molar-refractivity contribution is 5.64. The normalized spacial score (nSPS) is 10.1. The number of anilines is 2. The fourth-order valence-corrected chi connectivity index (χ4v) is 1.15. The van der Waals surface area contributed by atoms with Crippen molar-refractivity contribution in [2.24, 2.45) is 7.05 Å². The number of rotatable bonds is 2. The van der Waals surface area contributed by atoms with Crippen LogP contribution in [0.2, 0.25) is 0 Å². The smallest absolute Gasteiger partial charge is 0.147 e. The summed E-state index contributed by atoms with van der Waals surface area (Å²) in [4.78, 5) is 0. The number of aryl methyl sites for hydroxylation is 2. The van der Waals surface area contributed by atoms with Crippen molar-refractivity contribution in [1.29, 1.82) is 0 Å². The Morgan fingerprint density at radius 3 is 2.55 bits per heavy atom. The predicted molar refractivity (Wildman–Crippen MR) is 46.5 cm³/mol. The van der Waals surface area contributed by atoms with Crippen molar-refractivity contribution in [3.63, 3.8) is 0 Å². The van der Waals surface area contributed by atoms with E-state index in [4.69, 9.17) is 5.73 Å². The van der Waals surface area contributed by atoms with E-state index in [1.54, 1.807) is 4.68 Å². The third-order valence-corrected chi connectivity index (χ3v) is 1.73. The Morgan fingerprint density at radius 1 is 1.64 bits per heavy atom. The Labute approximate surface area is 66.4 Å². The molecule has 1 aromatic heterocycles. The fourth-order valence-electron chi connectivity index (χ4n) is 1.15. The van der Waals surface area contributed by atoms with E-state index >= 15 is 0 Å². The summed E-state index contributed by atoms with van der Waals surface area (Å²) in [7, 11) is 3.72. The van der Waals surface area contributed by atoms with Crippen LogP contribution in [0.25, 0.3) is 0 Å². The van der Waals surface area contributed by atoms with Gasteiger partial charge in [-0.2, -0.15) is 5.10 Å². The number of hydrogen-bond donors (Lipinski definition) is 2. The molecule has 3 N–H and O–H groups in total. The monoisotopic (exact) mass is 154 g/mol. The first-order valence-corrected chi connectivity index (χ1v) is 3.69. The van der Waals surface area contributed by atoms with Gasteiger partial charge in [-0.15, -0.1) is 0 Å². The largest absolute Gasteiger partial charge is 0.394 e. The van der Waals surface area contributed by atoms with Crippen LogP contribution in [-0.4, -0.2) is 16.8 Å². The van der Waals surface area contributed by atoms with Crippen LogP contribution in [0, 0.1) is 0 Å². The molecule has 0 bridgehead atoms. The van der Waals surface area contributed by atoms with Gasteiger partial charge in [0.15, 0.2) is 0 Å². The second-order valence-corrected chi connectivity index (χ2v) is 2.44. The van der Waals surface area contributed by atoms with Gasteiger partial charge in [-0.05, 0) is 6.42 Å². The quantitative estimate of drug-likeness (QED) is 0.656. The molecule has 1 heterocycles. The summed E-state index contributed by atoms with van der Waals surface area (Å²) in [6.45, 7) is 2.04. The van der Waals surface area contributed by atoms with Gasteiger partial charge in [0.25, 0.3) is 0 Å². The summed E-state index contributed by atoms with van der Waals surface area (Å²) in [6.07, 6.45) is 0.876. The molecule has 0 aliphatic heterocycles. The molecule has 0 aromatic carbocycles. The molecule has 0 radical (unpaired) electrons. The van der Waals surface area contributed by atoms with Crippen LogP contribution >= 0.6 is 0 Å². The summed E-state index contributed by atoms with van der Waals surface area (Å²) in [5.74, 6) is 0.891. The maximum atomic E-state index is 5.78. The zero-order valence-electron chi connectivity index (χ0n) is 7.18. The highest BCUT2D eigenvalue weighted by atomic mass is 15.3. The molecule has 0 atom stereocenters. The number of aromatic nitrogens is 2. The van der Waals surface area contributed by atoms with Gasteiger partial charge in [0, 0.05) is 14.1 Å². The second kappa shape index (κ2) is 2.82. The number of nitrogens with one attached hydrogen (secondary N) is 1. The first-order chi connectivity index (χ1) is 5.20. The lowest BCUT2D eigenvalue weighted by atomic mass is 10.3. The molecule has 0 amide bonds. The van der Waals surface area contributed by atoms with Gasteiger partial charge < -0.3 is 11.1 Å². The molecule has 4 nitrogen and oxygen atoms in total. The Hall–Kier alpha value is -1.19. The van der Waals surface area contributed by atoms with Crippen LogP contribution in [0.15, 0.2) is 0 Å². The van der Waals surface area contributed by atoms with Gasteiger partial charge in [-0.3, -0.25) is 4.68 Å². The molecule has 0 fully saturated rings. The summed E-state index contributed by atoms with van der Waals surface area (Å²) >= 11 is 0. The van der Waals surface area contributed by atoms with E-state index in [9.17, 15) is 0 Å². The third-order valence-electron chi connectivity index (χ3n) is 1.73. The van der Waals surface area contributed by atoms with Crippen molar-refractivity contribution >= 4 is 11.5 Å². The predicted octanol–water partition coefficient (Wildman–Crippen LogP) is 0.606. The van der Waals surface area contributed by atoms with Crippen molar-refractivity contribution in [3.05, 3.63) is 5.69 Å². The standard InChI is InChI=1S/C7H14N4/c1-4-5-6(8)7(9-2)11(3)10-5/h9H,4,8H2,1-3H3. The fraction of sp³-hybridized carbons (Fsp3) is 0.571. The van der Waals surface area contributed by atoms with Crippen LogP contribution in [-0.2, 0) is 13.5 Å². The Kier molecular flexibility index (Phi) is 2.03. The van der Waals surface area contributed by atoms with Crippen molar-refractivity contribution in [2.45, 2.75) is 13.3 Å². The Balaban J connectivity index is 3.14. The lowest BCUT2D eigenvalue weighted by molar-refractivity contribution is 0.752. The van der Waals surface area contributed by atoms with E-state index in [1.165, 1.54) is 0 Å². The second-order valence-electron chi connectivity index (χ2n) is 2.44. The zero-order chi connectivity index (χ0) is 8.43. The lowest BCUT2D eigenvalue weighted by Gasteiger charge is -1.99. The minimum atomic E-state index is 0.762. The minimum Gasteiger partial charge on any atom is -0.394 e. The maximum Gasteiger partial charge on any atom is 0.147 e. The minimum absolute atomic E-state index is 0.762. The number of hydrogen-bond acceptors (Lipinski definition) is 3. The lowest BCUT2D eigenvalue weighted by Crippen LogP contribution is -2.00. The molecular weight excluding hydrogens is 140 g/mol. The van der Waals surface area contributed by atoms with E-state index in [2.05, 4.69) is 10.4 Å². The molecule has 62 valence electrons. The summed E-state index contributed by atoms with van der Waals surface area (Å²) in [5, 5.41) is 7.22. The van der Waals surface area contributed by atoms with E-state index in [-0.39, 0.29) is 0 Å². The number of nitrogen functional groups attached to an aromatic ring is 1. The maximum absolute atomic E-state index is 5.78. The molecule has 1 aromatic rings. The van der Waals surface area contributed by atoms with Crippen molar-refractivity contribution in [3.8, 4) is 0 Å². The molecular formula is C7H14N4. The summed E-state index contributed by atoms with van der Waals surface area (Å²) < 4.78 is 1.76. The van der Waals surface area contributed by atoms with E-state index in [0.29, 0.717) is 0 Å². The summed E-state index contributed by atoms with van der Waals surface area (Å²) in [6, 6.07) is 0. The first-order valence-electron chi connectivity index (χ1n) is 3.69. The number of nitrogens with zero attached hydrogens (tertiary/aromatic N) is 2. The van der Waals surface area contributed by atoms with E-state index < -0.39 is 0 Å². The van der Waals surface area contributed by atoms with Crippen LogP contribution in [0.3, 0.4) is 0 Å². The Bertz CT molecular complexity index is 251. The van der Waals surface area contributed by atoms with Gasteiger partial charge in [0.05, 0.1) is 11.4 Å². The average molecular weight is 154 g/mol. The third kappa shape index (κ3) is 1.15. The van der Waals surface area contributed by atoms with Gasteiger partial charge in [-0.1, -0.05) is 6.92 Å². The topological polar surface area (TPSA) is 55.9 Å². The van der Waals surface area contributed by atoms with Crippen LogP contribution in [0.5, 0.6) is 0 Å². The summed E-state index contributed by atoms with van der Waals surface area (Å²) in [5.41, 5.74) is 7.50. The van der Waals surface area contributed by atoms with Gasteiger partial charge in [-0.25, -0.2) is 0 Å². The molecule has 0 aliphatic carbocycles.